The molecule has 0 aliphatic heterocycles. The van der Waals surface area contributed by atoms with E-state index in [0.717, 1.165) is 5.92 Å². The number of hydrogen-bond acceptors (Lipinski definition) is 0. The average molecular weight is 280 g/mol. The van der Waals surface area contributed by atoms with Crippen molar-refractivity contribution in [2.75, 3.05) is 0 Å². The van der Waals surface area contributed by atoms with Crippen molar-refractivity contribution < 1.29 is 4.57 Å². The molecule has 1 aromatic heterocycles. The molecule has 1 aliphatic carbocycles. The quantitative estimate of drug-likeness (QED) is 0.693. The summed E-state index contributed by atoms with van der Waals surface area (Å²) in [7, 11) is 2.15. The summed E-state index contributed by atoms with van der Waals surface area (Å²) in [4.78, 5) is 0. The summed E-state index contributed by atoms with van der Waals surface area (Å²) in [5.74, 6) is 0.772. The smallest absolute Gasteiger partial charge is 0.201 e. The van der Waals surface area contributed by atoms with Gasteiger partial charge in [-0.05, 0) is 55.9 Å². The Labute approximate surface area is 128 Å². The van der Waals surface area contributed by atoms with Gasteiger partial charge in [0.2, 0.25) is 5.69 Å². The molecule has 1 aromatic carbocycles. The van der Waals surface area contributed by atoms with Crippen LogP contribution in [0, 0.1) is 13.8 Å². The van der Waals surface area contributed by atoms with Gasteiger partial charge in [-0.3, -0.25) is 0 Å². The van der Waals surface area contributed by atoms with Crippen LogP contribution in [0.15, 0.2) is 36.5 Å². The number of aromatic nitrogens is 1. The number of hydrogen-bond donors (Lipinski definition) is 0. The van der Waals surface area contributed by atoms with E-state index in [9.17, 15) is 0 Å². The van der Waals surface area contributed by atoms with Gasteiger partial charge < -0.3 is 0 Å². The minimum Gasteiger partial charge on any atom is -0.201 e. The van der Waals surface area contributed by atoms with Gasteiger partial charge in [0.05, 0.1) is 0 Å². The van der Waals surface area contributed by atoms with Crippen molar-refractivity contribution in [3.8, 4) is 11.3 Å². The first-order valence-corrected chi connectivity index (χ1v) is 8.22. The Bertz CT molecular complexity index is 636. The van der Waals surface area contributed by atoms with E-state index in [0.29, 0.717) is 0 Å². The van der Waals surface area contributed by atoms with Crippen LogP contribution >= 0.6 is 0 Å². The Morgan fingerprint density at radius 2 is 1.71 bits per heavy atom. The summed E-state index contributed by atoms with van der Waals surface area (Å²) in [5.41, 5.74) is 6.92. The van der Waals surface area contributed by atoms with Gasteiger partial charge in [-0.15, -0.1) is 0 Å². The lowest BCUT2D eigenvalue weighted by Crippen LogP contribution is -2.31. The van der Waals surface area contributed by atoms with E-state index < -0.39 is 0 Å². The fourth-order valence-electron chi connectivity index (χ4n) is 3.63. The third kappa shape index (κ3) is 3.02. The molecule has 2 aromatic rings. The van der Waals surface area contributed by atoms with Gasteiger partial charge >= 0.3 is 0 Å². The Kier molecular flexibility index (Phi) is 4.10. The molecule has 110 valence electrons. The largest absolute Gasteiger partial charge is 0.212 e. The lowest BCUT2D eigenvalue weighted by atomic mass is 9.83. The molecule has 1 aliphatic rings. The van der Waals surface area contributed by atoms with Crippen LogP contribution < -0.4 is 4.57 Å². The average Bonchev–Trinajstić information content (AvgIpc) is 2.49. The fraction of sp³-hybridized carbons (Fsp3) is 0.450. The topological polar surface area (TPSA) is 3.88 Å². The molecule has 1 saturated carbocycles. The van der Waals surface area contributed by atoms with Crippen LogP contribution in [0.2, 0.25) is 0 Å². The second kappa shape index (κ2) is 6.01. The monoisotopic (exact) mass is 280 g/mol. The first-order chi connectivity index (χ1) is 10.1. The first kappa shape index (κ1) is 14.3. The highest BCUT2D eigenvalue weighted by Gasteiger charge is 2.18. The molecule has 1 nitrogen and oxygen atoms in total. The van der Waals surface area contributed by atoms with Gasteiger partial charge in [0.25, 0.3) is 0 Å². The number of benzene rings is 1. The molecule has 21 heavy (non-hydrogen) atoms. The maximum absolute atomic E-state index is 2.44. The summed E-state index contributed by atoms with van der Waals surface area (Å²) >= 11 is 0. The van der Waals surface area contributed by atoms with E-state index in [1.54, 1.807) is 0 Å². The predicted octanol–water partition coefficient (Wildman–Crippen LogP) is 4.84. The molecule has 0 unspecified atom stereocenters. The second-order valence-electron chi connectivity index (χ2n) is 6.61. The molecule has 0 saturated heterocycles. The lowest BCUT2D eigenvalue weighted by molar-refractivity contribution is -0.660. The second-order valence-corrected chi connectivity index (χ2v) is 6.61. The third-order valence-electron chi connectivity index (χ3n) is 4.90. The van der Waals surface area contributed by atoms with Crippen molar-refractivity contribution in [1.29, 1.82) is 0 Å². The Morgan fingerprint density at radius 1 is 0.952 bits per heavy atom. The minimum atomic E-state index is 0.772. The van der Waals surface area contributed by atoms with Crippen molar-refractivity contribution in [3.63, 3.8) is 0 Å². The number of nitrogens with zero attached hydrogens (tertiary/aromatic N) is 1. The summed E-state index contributed by atoms with van der Waals surface area (Å²) in [6.45, 7) is 4.37. The molecule has 0 N–H and O–H groups in total. The van der Waals surface area contributed by atoms with E-state index >= 15 is 0 Å². The van der Waals surface area contributed by atoms with Crippen molar-refractivity contribution in [1.82, 2.24) is 0 Å². The maximum atomic E-state index is 2.44. The summed E-state index contributed by atoms with van der Waals surface area (Å²) in [5, 5.41) is 0. The van der Waals surface area contributed by atoms with Crippen LogP contribution in [0.5, 0.6) is 0 Å². The summed E-state index contributed by atoms with van der Waals surface area (Å²) in [6, 6.07) is 11.6. The van der Waals surface area contributed by atoms with Crippen LogP contribution in [0.25, 0.3) is 11.3 Å². The highest BCUT2D eigenvalue weighted by Crippen LogP contribution is 2.34. The standard InChI is InChI=1S/C20H26N/c1-15-9-12-20(21(3)14-15)19-13-18(11-10-16(19)2)17-7-5-4-6-8-17/h9-14,17H,4-8H2,1-3H3/q+1. The Hall–Kier alpha value is -1.63. The third-order valence-corrected chi connectivity index (χ3v) is 4.90. The van der Waals surface area contributed by atoms with Crippen molar-refractivity contribution in [2.24, 2.45) is 7.05 Å². The molecule has 0 amide bonds. The van der Waals surface area contributed by atoms with Gasteiger partial charge in [0.1, 0.15) is 7.05 Å². The molecule has 0 atom stereocenters. The van der Waals surface area contributed by atoms with Crippen molar-refractivity contribution in [2.45, 2.75) is 51.9 Å². The highest BCUT2D eigenvalue weighted by molar-refractivity contribution is 5.62. The zero-order chi connectivity index (χ0) is 14.8. The zero-order valence-corrected chi connectivity index (χ0v) is 13.5. The van der Waals surface area contributed by atoms with Gasteiger partial charge in [-0.2, -0.15) is 0 Å². The van der Waals surface area contributed by atoms with Gasteiger partial charge in [0.15, 0.2) is 6.20 Å². The molecule has 0 radical (unpaired) electrons. The maximum Gasteiger partial charge on any atom is 0.212 e. The molecule has 3 rings (SSSR count). The van der Waals surface area contributed by atoms with E-state index in [2.05, 4.69) is 62.0 Å². The number of aryl methyl sites for hydroxylation is 3. The first-order valence-electron chi connectivity index (χ1n) is 8.22. The van der Waals surface area contributed by atoms with Crippen LogP contribution in [-0.2, 0) is 7.05 Å². The van der Waals surface area contributed by atoms with Crippen molar-refractivity contribution >= 4 is 0 Å². The Morgan fingerprint density at radius 3 is 2.43 bits per heavy atom. The van der Waals surface area contributed by atoms with Crippen LogP contribution in [0.4, 0.5) is 0 Å². The molecule has 1 heteroatoms. The molecular formula is C20H26N+. The SMILES string of the molecule is Cc1ccc(-c2cc(C3CCCCC3)ccc2C)[n+](C)c1. The lowest BCUT2D eigenvalue weighted by Gasteiger charge is -2.22. The van der Waals surface area contributed by atoms with Crippen molar-refractivity contribution in [3.05, 3.63) is 53.2 Å². The van der Waals surface area contributed by atoms with Crippen LogP contribution in [0.1, 0.15) is 54.7 Å². The molecule has 1 fully saturated rings. The van der Waals surface area contributed by atoms with Gasteiger partial charge in [-0.1, -0.05) is 31.4 Å². The predicted molar refractivity (Wildman–Crippen MR) is 88.4 cm³/mol. The normalized spacial score (nSPS) is 16.1. The molecular weight excluding hydrogens is 254 g/mol. The fourth-order valence-corrected chi connectivity index (χ4v) is 3.63. The Balaban J connectivity index is 2.01. The van der Waals surface area contributed by atoms with Gasteiger partial charge in [-0.25, -0.2) is 4.57 Å². The summed E-state index contributed by atoms with van der Waals surface area (Å²) < 4.78 is 2.25. The van der Waals surface area contributed by atoms with Crippen LogP contribution in [0.3, 0.4) is 0 Å². The number of rotatable bonds is 2. The zero-order valence-electron chi connectivity index (χ0n) is 13.5. The molecule has 0 bridgehead atoms. The highest BCUT2D eigenvalue weighted by atomic mass is 14.9. The molecule has 0 spiro atoms. The summed E-state index contributed by atoms with van der Waals surface area (Å²) in [6.07, 6.45) is 9.15. The van der Waals surface area contributed by atoms with Crippen LogP contribution in [-0.4, -0.2) is 0 Å². The van der Waals surface area contributed by atoms with E-state index in [-0.39, 0.29) is 0 Å². The number of pyridine rings is 1. The van der Waals surface area contributed by atoms with E-state index in [1.165, 1.54) is 60.1 Å². The minimum absolute atomic E-state index is 0.772. The molecule has 1 heterocycles. The van der Waals surface area contributed by atoms with E-state index in [1.807, 2.05) is 0 Å². The van der Waals surface area contributed by atoms with Gasteiger partial charge in [0, 0.05) is 17.2 Å². The van der Waals surface area contributed by atoms with E-state index in [4.69, 9.17) is 0 Å².